The number of likely N-dealkylation sites (N-methyl/N-ethyl adjacent to an activating group) is 1. The van der Waals surface area contributed by atoms with Gasteiger partial charge in [0.1, 0.15) is 17.7 Å². The number of nitrogen functional groups attached to an aromatic ring is 1. The predicted molar refractivity (Wildman–Crippen MR) is 93.3 cm³/mol. The van der Waals surface area contributed by atoms with Crippen LogP contribution in [0, 0.1) is 0 Å². The van der Waals surface area contributed by atoms with Crippen molar-refractivity contribution < 1.29 is 38.1 Å². The first-order valence-electron chi connectivity index (χ1n) is 8.09. The quantitative estimate of drug-likeness (QED) is 0.266. The Hall–Kier alpha value is -1.93. The molecule has 2 aromatic heterocycles. The number of hydrogen-bond donors (Lipinski definition) is 5. The van der Waals surface area contributed by atoms with Crippen LogP contribution in [0.4, 0.5) is 10.2 Å². The Morgan fingerprint density at radius 1 is 1.55 bits per heavy atom. The van der Waals surface area contributed by atoms with Crippen molar-refractivity contribution in [3.63, 3.8) is 0 Å². The van der Waals surface area contributed by atoms with E-state index in [9.17, 15) is 24.3 Å². The molecule has 2 aromatic rings. The van der Waals surface area contributed by atoms with E-state index in [1.54, 1.807) is 0 Å². The van der Waals surface area contributed by atoms with Gasteiger partial charge in [0.25, 0.3) is 5.91 Å². The molecule has 0 bridgehead atoms. The Morgan fingerprint density at radius 3 is 2.79 bits per heavy atom. The van der Waals surface area contributed by atoms with Crippen molar-refractivity contribution in [1.82, 2.24) is 24.8 Å². The second-order valence-corrected chi connectivity index (χ2v) is 8.54. The molecule has 0 radical (unpaired) electrons. The molecule has 1 amide bonds. The molecule has 3 heterocycles. The lowest BCUT2D eigenvalue weighted by Crippen LogP contribution is -2.39. The minimum absolute atomic E-state index is 0.0349. The highest BCUT2D eigenvalue weighted by Crippen LogP contribution is 2.59. The van der Waals surface area contributed by atoms with Crippen LogP contribution in [0.5, 0.6) is 0 Å². The average Bonchev–Trinajstić information content (AvgIpc) is 2.90. The first-order valence-corrected chi connectivity index (χ1v) is 10.2. The van der Waals surface area contributed by atoms with Crippen LogP contribution in [0.2, 0.25) is 5.28 Å². The maximum atomic E-state index is 15.1. The fourth-order valence-corrected chi connectivity index (χ4v) is 4.21. The van der Waals surface area contributed by atoms with Crippen molar-refractivity contribution >= 4 is 42.1 Å². The summed E-state index contributed by atoms with van der Waals surface area (Å²) in [5, 5.41) is 12.4. The number of amides is 1. The van der Waals surface area contributed by atoms with Gasteiger partial charge in [-0.05, 0) is 11.6 Å². The van der Waals surface area contributed by atoms with E-state index >= 15 is 4.39 Å². The monoisotopic (exact) mass is 452 g/mol. The largest absolute Gasteiger partial charge is 0.382 e. The summed E-state index contributed by atoms with van der Waals surface area (Å²) in [6, 6.07) is 0. The SMILES string of the molecule is CNC(=O)[C@H](OC1[C@H]2O[C@@H](n3cnc4c(N)nc(Cl)nc43)[C@@H](F)[C@@]12O)P(=O)(O)O. The summed E-state index contributed by atoms with van der Waals surface area (Å²) >= 11 is 5.77. The number of alkyl halides is 1. The van der Waals surface area contributed by atoms with Gasteiger partial charge in [-0.25, -0.2) is 9.37 Å². The fourth-order valence-electron chi connectivity index (χ4n) is 3.31. The molecular weight excluding hydrogens is 438 g/mol. The van der Waals surface area contributed by atoms with Crippen LogP contribution in [0.1, 0.15) is 6.23 Å². The molecule has 1 saturated heterocycles. The molecule has 2 fully saturated rings. The lowest BCUT2D eigenvalue weighted by atomic mass is 10.2. The molecule has 6 N–H and O–H groups in total. The third kappa shape index (κ3) is 2.99. The first-order chi connectivity index (χ1) is 13.5. The highest BCUT2D eigenvalue weighted by atomic mass is 35.5. The third-order valence-corrected chi connectivity index (χ3v) is 5.94. The molecule has 13 nitrogen and oxygen atoms in total. The average molecular weight is 453 g/mol. The lowest BCUT2D eigenvalue weighted by molar-refractivity contribution is -0.135. The number of ether oxygens (including phenoxy) is 2. The Labute approximate surface area is 166 Å². The number of anilines is 1. The van der Waals surface area contributed by atoms with Crippen LogP contribution < -0.4 is 11.1 Å². The Balaban J connectivity index is 1.59. The number of nitrogens with two attached hydrogens (primary N) is 1. The van der Waals surface area contributed by atoms with E-state index in [4.69, 9.17) is 26.8 Å². The second-order valence-electron chi connectivity index (χ2n) is 6.55. The van der Waals surface area contributed by atoms with Gasteiger partial charge in [0, 0.05) is 7.05 Å². The fraction of sp³-hybridized carbons (Fsp3) is 0.538. The van der Waals surface area contributed by atoms with Crippen molar-refractivity contribution in [2.45, 2.75) is 36.1 Å². The molecule has 0 aromatic carbocycles. The van der Waals surface area contributed by atoms with Gasteiger partial charge < -0.3 is 35.4 Å². The molecule has 16 heteroatoms. The first kappa shape index (κ1) is 20.3. The lowest BCUT2D eigenvalue weighted by Gasteiger charge is -2.24. The zero-order chi connectivity index (χ0) is 21.3. The minimum atomic E-state index is -5.04. The number of fused-ring (bicyclic) bond motifs is 2. The maximum Gasteiger partial charge on any atom is 0.363 e. The number of rotatable bonds is 5. The van der Waals surface area contributed by atoms with E-state index < -0.39 is 49.6 Å². The zero-order valence-corrected chi connectivity index (χ0v) is 16.2. The van der Waals surface area contributed by atoms with E-state index in [0.29, 0.717) is 0 Å². The van der Waals surface area contributed by atoms with Gasteiger partial charge in [-0.15, -0.1) is 0 Å². The Kier molecular flexibility index (Phi) is 4.59. The standard InChI is InChI=1S/C13H15ClFN6O7P/c1-17-9(22)11(29(24,25)26)28-6-5-13(6,23)4(15)10(27-5)21-2-18-3-7(16)19-12(14)20-8(3)21/h2,4-6,10-11,23H,1H3,(H,17,22)(H2,16,19,20)(H2,24,25,26)/t4-,5-,6?,10-,11-,13+/m1/s1. The van der Waals surface area contributed by atoms with Crippen LogP contribution in [0.3, 0.4) is 0 Å². The molecule has 1 unspecified atom stereocenters. The number of halogens is 2. The van der Waals surface area contributed by atoms with Crippen molar-refractivity contribution in [3.05, 3.63) is 11.6 Å². The summed E-state index contributed by atoms with van der Waals surface area (Å²) in [5.74, 6) is -3.38. The van der Waals surface area contributed by atoms with Gasteiger partial charge in [-0.2, -0.15) is 9.97 Å². The summed E-state index contributed by atoms with van der Waals surface area (Å²) in [4.78, 5) is 41.9. The maximum absolute atomic E-state index is 15.1. The van der Waals surface area contributed by atoms with E-state index in [1.165, 1.54) is 6.33 Å². The highest BCUT2D eigenvalue weighted by Gasteiger charge is 2.79. The number of carbonyl (C=O) groups is 1. The highest BCUT2D eigenvalue weighted by molar-refractivity contribution is 7.53. The van der Waals surface area contributed by atoms with E-state index in [2.05, 4.69) is 15.0 Å². The second kappa shape index (κ2) is 6.54. The summed E-state index contributed by atoms with van der Waals surface area (Å²) in [6.07, 6.45) is -5.08. The third-order valence-electron chi connectivity index (χ3n) is 4.80. The molecule has 2 aliphatic rings. The molecule has 4 rings (SSSR count). The van der Waals surface area contributed by atoms with Gasteiger partial charge in [0.15, 0.2) is 29.5 Å². The number of aliphatic hydroxyl groups is 1. The molecule has 1 aliphatic heterocycles. The summed E-state index contributed by atoms with van der Waals surface area (Å²) in [5.41, 5.74) is 3.68. The van der Waals surface area contributed by atoms with Crippen molar-refractivity contribution in [2.75, 3.05) is 12.8 Å². The Morgan fingerprint density at radius 2 is 2.24 bits per heavy atom. The van der Waals surface area contributed by atoms with E-state index in [0.717, 1.165) is 11.6 Å². The Bertz CT molecular complexity index is 1050. The van der Waals surface area contributed by atoms with Crippen molar-refractivity contribution in [1.29, 1.82) is 0 Å². The number of imidazole rings is 1. The molecule has 1 saturated carbocycles. The van der Waals surface area contributed by atoms with Gasteiger partial charge in [0.05, 0.1) is 6.33 Å². The van der Waals surface area contributed by atoms with Crippen LogP contribution >= 0.6 is 19.2 Å². The summed E-state index contributed by atoms with van der Waals surface area (Å²) < 4.78 is 38.2. The molecule has 6 atom stereocenters. The summed E-state index contributed by atoms with van der Waals surface area (Å²) in [6.45, 7) is 0. The van der Waals surface area contributed by atoms with Crippen LogP contribution in [-0.4, -0.2) is 77.2 Å². The van der Waals surface area contributed by atoms with Gasteiger partial charge in [0.2, 0.25) is 11.1 Å². The van der Waals surface area contributed by atoms with Gasteiger partial charge in [-0.1, -0.05) is 0 Å². The normalized spacial score (nSPS) is 32.2. The molecular formula is C13H15ClFN6O7P. The van der Waals surface area contributed by atoms with E-state index in [1.807, 2.05) is 5.32 Å². The van der Waals surface area contributed by atoms with Crippen molar-refractivity contribution in [2.24, 2.45) is 0 Å². The number of carbonyl (C=O) groups excluding carboxylic acids is 1. The van der Waals surface area contributed by atoms with Crippen LogP contribution in [-0.2, 0) is 18.8 Å². The summed E-state index contributed by atoms with van der Waals surface area (Å²) in [7, 11) is -3.90. The van der Waals surface area contributed by atoms with E-state index in [-0.39, 0.29) is 22.3 Å². The van der Waals surface area contributed by atoms with Gasteiger partial charge >= 0.3 is 7.60 Å². The predicted octanol–water partition coefficient (Wildman–Crippen LogP) is -1.32. The number of aromatic nitrogens is 4. The minimum Gasteiger partial charge on any atom is -0.382 e. The van der Waals surface area contributed by atoms with Crippen LogP contribution in [0.25, 0.3) is 11.2 Å². The van der Waals surface area contributed by atoms with Crippen molar-refractivity contribution in [3.8, 4) is 0 Å². The zero-order valence-electron chi connectivity index (χ0n) is 14.5. The molecule has 0 spiro atoms. The number of nitrogens with zero attached hydrogens (tertiary/aromatic N) is 4. The van der Waals surface area contributed by atoms with Gasteiger partial charge in [-0.3, -0.25) is 13.9 Å². The molecule has 29 heavy (non-hydrogen) atoms. The number of nitrogens with one attached hydrogen (secondary N) is 1. The molecule has 158 valence electrons. The van der Waals surface area contributed by atoms with Crippen LogP contribution in [0.15, 0.2) is 6.33 Å². The topological polar surface area (TPSA) is 195 Å². The molecule has 1 aliphatic carbocycles. The smallest absolute Gasteiger partial charge is 0.363 e. The number of hydrogen-bond acceptors (Lipinski definition) is 9.